The molecular weight excluding hydrogens is 273 g/mol. The number of Topliss-reactive ketones (excluding diaryl/α,β-unsaturated/α-hetero) is 1. The van der Waals surface area contributed by atoms with Gasteiger partial charge in [0, 0.05) is 0 Å². The molecule has 2 N–H and O–H groups in total. The van der Waals surface area contributed by atoms with Crippen LogP contribution in [-0.2, 0) is 0 Å². The first-order chi connectivity index (χ1) is 7.40. The van der Waals surface area contributed by atoms with Gasteiger partial charge in [0.2, 0.25) is 0 Å². The molecule has 1 rings (SSSR count). The monoisotopic (exact) mass is 287 g/mol. The van der Waals surface area contributed by atoms with E-state index >= 15 is 0 Å². The summed E-state index contributed by atoms with van der Waals surface area (Å²) in [7, 11) is 0. The number of carbonyl (C=O) groups excluding carboxylic acids is 1. The van der Waals surface area contributed by atoms with Crippen LogP contribution < -0.4 is 5.73 Å². The molecule has 0 aliphatic carbocycles. The quantitative estimate of drug-likeness (QED) is 0.864. The van der Waals surface area contributed by atoms with Crippen LogP contribution in [0.4, 0.5) is 4.39 Å². The summed E-state index contributed by atoms with van der Waals surface area (Å²) < 4.78 is 14.0. The Kier molecular flexibility index (Phi) is 4.21. The number of hydrogen-bond acceptors (Lipinski definition) is 2. The van der Waals surface area contributed by atoms with Gasteiger partial charge < -0.3 is 5.73 Å². The van der Waals surface area contributed by atoms with Gasteiger partial charge in [0.05, 0.1) is 15.6 Å². The van der Waals surface area contributed by atoms with E-state index in [0.29, 0.717) is 6.42 Å². The van der Waals surface area contributed by atoms with Crippen molar-refractivity contribution in [3.05, 3.63) is 34.1 Å². The topological polar surface area (TPSA) is 43.1 Å². The molecule has 0 bridgehead atoms. The summed E-state index contributed by atoms with van der Waals surface area (Å²) in [6.07, 6.45) is 1.33. The summed E-state index contributed by atoms with van der Waals surface area (Å²) in [4.78, 5) is 12.0. The predicted octanol–water partition coefficient (Wildman–Crippen LogP) is 3.29. The molecule has 0 aromatic heterocycles. The van der Waals surface area contributed by atoms with Crippen molar-refractivity contribution in [3.63, 3.8) is 0 Å². The van der Waals surface area contributed by atoms with Gasteiger partial charge in [-0.3, -0.25) is 4.79 Å². The van der Waals surface area contributed by atoms with Gasteiger partial charge in [-0.1, -0.05) is 19.4 Å². The Labute approximate surface area is 103 Å². The van der Waals surface area contributed by atoms with E-state index in [-0.39, 0.29) is 15.8 Å². The van der Waals surface area contributed by atoms with E-state index in [4.69, 9.17) is 5.73 Å². The number of carbonyl (C=O) groups is 1. The predicted molar refractivity (Wildman–Crippen MR) is 65.9 cm³/mol. The van der Waals surface area contributed by atoms with Crippen molar-refractivity contribution in [1.29, 1.82) is 0 Å². The van der Waals surface area contributed by atoms with Gasteiger partial charge in [-0.15, -0.1) is 0 Å². The molecule has 0 saturated heterocycles. The third kappa shape index (κ3) is 2.68. The molecule has 0 radical (unpaired) electrons. The van der Waals surface area contributed by atoms with Crippen LogP contribution in [-0.4, -0.2) is 11.3 Å². The molecule has 1 aromatic rings. The minimum absolute atomic E-state index is 0.0489. The zero-order valence-corrected chi connectivity index (χ0v) is 11.0. The van der Waals surface area contributed by atoms with Crippen LogP contribution in [0.25, 0.3) is 0 Å². The maximum atomic E-state index is 13.7. The van der Waals surface area contributed by atoms with Crippen LogP contribution >= 0.6 is 15.9 Å². The molecule has 1 aromatic carbocycles. The number of rotatable bonds is 4. The molecule has 88 valence electrons. The van der Waals surface area contributed by atoms with Crippen LogP contribution in [0.3, 0.4) is 0 Å². The lowest BCUT2D eigenvalue weighted by atomic mass is 9.88. The zero-order chi connectivity index (χ0) is 12.3. The van der Waals surface area contributed by atoms with Crippen molar-refractivity contribution in [2.45, 2.75) is 32.2 Å². The minimum atomic E-state index is -1.00. The molecular formula is C12H15BrFNO. The summed E-state index contributed by atoms with van der Waals surface area (Å²) >= 11 is 3.05. The van der Waals surface area contributed by atoms with E-state index in [0.717, 1.165) is 6.42 Å². The highest BCUT2D eigenvalue weighted by atomic mass is 79.9. The van der Waals surface area contributed by atoms with E-state index in [1.165, 1.54) is 6.07 Å². The van der Waals surface area contributed by atoms with Gasteiger partial charge in [0.15, 0.2) is 5.78 Å². The molecule has 1 unspecified atom stereocenters. The van der Waals surface area contributed by atoms with E-state index < -0.39 is 11.4 Å². The molecule has 2 nitrogen and oxygen atoms in total. The van der Waals surface area contributed by atoms with Crippen LogP contribution in [0, 0.1) is 5.82 Å². The van der Waals surface area contributed by atoms with Gasteiger partial charge in [-0.25, -0.2) is 4.39 Å². The SMILES string of the molecule is CCCC(C)(N)C(=O)c1cccc(Br)c1F. The lowest BCUT2D eigenvalue weighted by molar-refractivity contribution is 0.0888. The normalized spacial score (nSPS) is 14.6. The Bertz CT molecular complexity index is 404. The highest BCUT2D eigenvalue weighted by Gasteiger charge is 2.30. The van der Waals surface area contributed by atoms with Gasteiger partial charge >= 0.3 is 0 Å². The summed E-state index contributed by atoms with van der Waals surface area (Å²) in [5.74, 6) is -0.895. The Hall–Kier alpha value is -0.740. The van der Waals surface area contributed by atoms with Crippen molar-refractivity contribution < 1.29 is 9.18 Å². The highest BCUT2D eigenvalue weighted by Crippen LogP contribution is 2.23. The second-order valence-corrected chi connectivity index (χ2v) is 4.95. The fourth-order valence-electron chi connectivity index (χ4n) is 1.62. The van der Waals surface area contributed by atoms with Crippen molar-refractivity contribution in [3.8, 4) is 0 Å². The van der Waals surface area contributed by atoms with Crippen molar-refractivity contribution in [2.24, 2.45) is 5.73 Å². The minimum Gasteiger partial charge on any atom is -0.319 e. The molecule has 0 saturated carbocycles. The first kappa shape index (κ1) is 13.3. The first-order valence-electron chi connectivity index (χ1n) is 5.18. The summed E-state index contributed by atoms with van der Waals surface area (Å²) in [5.41, 5.74) is 4.94. The summed E-state index contributed by atoms with van der Waals surface area (Å²) in [6.45, 7) is 3.58. The molecule has 4 heteroatoms. The van der Waals surface area contributed by atoms with Gasteiger partial charge in [-0.2, -0.15) is 0 Å². The number of benzene rings is 1. The summed E-state index contributed by atoms with van der Waals surface area (Å²) in [5, 5.41) is 0. The molecule has 16 heavy (non-hydrogen) atoms. The van der Waals surface area contributed by atoms with E-state index in [1.807, 2.05) is 6.92 Å². The van der Waals surface area contributed by atoms with E-state index in [2.05, 4.69) is 15.9 Å². The Morgan fingerprint density at radius 2 is 2.19 bits per heavy atom. The number of hydrogen-bond donors (Lipinski definition) is 1. The lowest BCUT2D eigenvalue weighted by Gasteiger charge is -2.22. The molecule has 0 amide bonds. The third-order valence-corrected chi connectivity index (χ3v) is 3.10. The highest BCUT2D eigenvalue weighted by molar-refractivity contribution is 9.10. The fourth-order valence-corrected chi connectivity index (χ4v) is 1.99. The third-order valence-electron chi connectivity index (χ3n) is 2.48. The largest absolute Gasteiger partial charge is 0.319 e. The second kappa shape index (κ2) is 5.06. The standard InChI is InChI=1S/C12H15BrFNO/c1-3-7-12(2,15)11(16)8-5-4-6-9(13)10(8)14/h4-6H,3,7,15H2,1-2H3. The Morgan fingerprint density at radius 1 is 1.56 bits per heavy atom. The number of nitrogens with two attached hydrogens (primary N) is 1. The van der Waals surface area contributed by atoms with Crippen LogP contribution in [0.1, 0.15) is 37.0 Å². The van der Waals surface area contributed by atoms with Crippen molar-refractivity contribution in [1.82, 2.24) is 0 Å². The van der Waals surface area contributed by atoms with E-state index in [1.54, 1.807) is 19.1 Å². The number of ketones is 1. The second-order valence-electron chi connectivity index (χ2n) is 4.10. The van der Waals surface area contributed by atoms with Crippen LogP contribution in [0.15, 0.2) is 22.7 Å². The molecule has 0 aliphatic heterocycles. The van der Waals surface area contributed by atoms with Crippen LogP contribution in [0.5, 0.6) is 0 Å². The smallest absolute Gasteiger partial charge is 0.185 e. The Balaban J connectivity index is 3.10. The van der Waals surface area contributed by atoms with Crippen LogP contribution in [0.2, 0.25) is 0 Å². The van der Waals surface area contributed by atoms with Gasteiger partial charge in [0.25, 0.3) is 0 Å². The molecule has 0 spiro atoms. The Morgan fingerprint density at radius 3 is 2.75 bits per heavy atom. The zero-order valence-electron chi connectivity index (χ0n) is 9.39. The first-order valence-corrected chi connectivity index (χ1v) is 5.97. The lowest BCUT2D eigenvalue weighted by Crippen LogP contribution is -2.45. The van der Waals surface area contributed by atoms with Crippen molar-refractivity contribution >= 4 is 21.7 Å². The molecule has 0 heterocycles. The van der Waals surface area contributed by atoms with Gasteiger partial charge in [-0.05, 0) is 41.4 Å². The average molecular weight is 288 g/mol. The average Bonchev–Trinajstić information content (AvgIpc) is 2.21. The van der Waals surface area contributed by atoms with E-state index in [9.17, 15) is 9.18 Å². The maximum Gasteiger partial charge on any atom is 0.185 e. The summed E-state index contributed by atoms with van der Waals surface area (Å²) in [6, 6.07) is 4.64. The van der Waals surface area contributed by atoms with Crippen molar-refractivity contribution in [2.75, 3.05) is 0 Å². The molecule has 0 aliphatic rings. The number of halogens is 2. The molecule has 1 atom stereocenters. The fraction of sp³-hybridized carbons (Fsp3) is 0.417. The van der Waals surface area contributed by atoms with Gasteiger partial charge in [0.1, 0.15) is 5.82 Å². The molecule has 0 fully saturated rings. The maximum absolute atomic E-state index is 13.7.